The number of carbonyl (C=O) groups is 1. The van der Waals surface area contributed by atoms with E-state index in [1.807, 2.05) is 13.8 Å². The number of carbonyl (C=O) groups excluding carboxylic acids is 1. The number of nitrogens with one attached hydrogen (secondary N) is 2. The van der Waals surface area contributed by atoms with Gasteiger partial charge in [-0.3, -0.25) is 0 Å². The van der Waals surface area contributed by atoms with E-state index < -0.39 is 0 Å². The highest BCUT2D eigenvalue weighted by Crippen LogP contribution is 2.13. The Bertz CT molecular complexity index is 200. The molecular weight excluding hydrogens is 182 g/mol. The molecule has 82 valence electrons. The van der Waals surface area contributed by atoms with Crippen molar-refractivity contribution in [3.8, 4) is 0 Å². The fourth-order valence-electron chi connectivity index (χ4n) is 1.33. The van der Waals surface area contributed by atoms with Crippen molar-refractivity contribution in [2.24, 2.45) is 5.73 Å². The molecule has 4 N–H and O–H groups in total. The van der Waals surface area contributed by atoms with Gasteiger partial charge in [0.1, 0.15) is 0 Å². The molecule has 1 aliphatic heterocycles. The first-order valence-electron chi connectivity index (χ1n) is 4.93. The monoisotopic (exact) mass is 201 g/mol. The third-order valence-electron chi connectivity index (χ3n) is 2.15. The minimum Gasteiger partial charge on any atom is -0.379 e. The summed E-state index contributed by atoms with van der Waals surface area (Å²) in [4.78, 5) is 11.2. The van der Waals surface area contributed by atoms with Crippen molar-refractivity contribution in [1.82, 2.24) is 10.6 Å². The molecule has 1 saturated heterocycles. The lowest BCUT2D eigenvalue weighted by Gasteiger charge is -2.22. The Labute approximate surface area is 84.4 Å². The van der Waals surface area contributed by atoms with Crippen LogP contribution in [0.4, 0.5) is 4.79 Å². The molecule has 0 bridgehead atoms. The standard InChI is InChI=1S/C9H19N3O2/c1-7(2)12-8(13)11-5-9(10)3-4-14-6-9/h7H,3-6,10H2,1-2H3,(H2,11,12,13). The summed E-state index contributed by atoms with van der Waals surface area (Å²) in [6, 6.07) is -0.0275. The Hall–Kier alpha value is -0.810. The topological polar surface area (TPSA) is 76.4 Å². The summed E-state index contributed by atoms with van der Waals surface area (Å²) in [6.45, 7) is 5.50. The average molecular weight is 201 g/mol. The Balaban J connectivity index is 2.22. The van der Waals surface area contributed by atoms with E-state index >= 15 is 0 Å². The fraction of sp³-hybridized carbons (Fsp3) is 0.889. The van der Waals surface area contributed by atoms with Crippen molar-refractivity contribution in [2.75, 3.05) is 19.8 Å². The van der Waals surface area contributed by atoms with Gasteiger partial charge in [-0.2, -0.15) is 0 Å². The quantitative estimate of drug-likeness (QED) is 0.592. The fourth-order valence-corrected chi connectivity index (χ4v) is 1.33. The molecule has 14 heavy (non-hydrogen) atoms. The van der Waals surface area contributed by atoms with Gasteiger partial charge in [-0.15, -0.1) is 0 Å². The minimum absolute atomic E-state index is 0.142. The van der Waals surface area contributed by atoms with Crippen LogP contribution in [0.2, 0.25) is 0 Å². The first-order chi connectivity index (χ1) is 6.52. The smallest absolute Gasteiger partial charge is 0.315 e. The summed E-state index contributed by atoms with van der Waals surface area (Å²) in [5.74, 6) is 0. The molecule has 0 spiro atoms. The van der Waals surface area contributed by atoms with E-state index in [0.717, 1.165) is 6.42 Å². The Morgan fingerprint density at radius 2 is 2.36 bits per heavy atom. The van der Waals surface area contributed by atoms with Crippen molar-refractivity contribution in [1.29, 1.82) is 0 Å². The van der Waals surface area contributed by atoms with E-state index in [2.05, 4.69) is 10.6 Å². The van der Waals surface area contributed by atoms with Crippen LogP contribution in [0.5, 0.6) is 0 Å². The van der Waals surface area contributed by atoms with Crippen LogP contribution >= 0.6 is 0 Å². The number of nitrogens with two attached hydrogens (primary N) is 1. The lowest BCUT2D eigenvalue weighted by Crippen LogP contribution is -2.53. The van der Waals surface area contributed by atoms with Gasteiger partial charge in [-0.1, -0.05) is 0 Å². The van der Waals surface area contributed by atoms with Crippen molar-refractivity contribution < 1.29 is 9.53 Å². The summed E-state index contributed by atoms with van der Waals surface area (Å²) in [5, 5.41) is 5.48. The van der Waals surface area contributed by atoms with E-state index in [9.17, 15) is 4.79 Å². The van der Waals surface area contributed by atoms with Crippen LogP contribution in [0.25, 0.3) is 0 Å². The zero-order valence-electron chi connectivity index (χ0n) is 8.80. The molecule has 1 heterocycles. The molecule has 5 heteroatoms. The summed E-state index contributed by atoms with van der Waals surface area (Å²) in [5.41, 5.74) is 5.59. The third-order valence-corrected chi connectivity index (χ3v) is 2.15. The Morgan fingerprint density at radius 1 is 1.64 bits per heavy atom. The lowest BCUT2D eigenvalue weighted by molar-refractivity contribution is 0.177. The van der Waals surface area contributed by atoms with E-state index in [-0.39, 0.29) is 17.6 Å². The number of rotatable bonds is 3. The summed E-state index contributed by atoms with van der Waals surface area (Å²) in [7, 11) is 0. The van der Waals surface area contributed by atoms with Gasteiger partial charge in [0.2, 0.25) is 0 Å². The molecule has 0 radical (unpaired) electrons. The van der Waals surface area contributed by atoms with Crippen LogP contribution in [0.1, 0.15) is 20.3 Å². The molecule has 1 atom stereocenters. The molecule has 0 aliphatic carbocycles. The van der Waals surface area contributed by atoms with Crippen molar-refractivity contribution in [3.63, 3.8) is 0 Å². The van der Waals surface area contributed by atoms with Gasteiger partial charge in [0.25, 0.3) is 0 Å². The molecule has 0 aromatic carbocycles. The highest BCUT2D eigenvalue weighted by molar-refractivity contribution is 5.74. The molecule has 0 aromatic heterocycles. The second-order valence-electron chi connectivity index (χ2n) is 4.15. The maximum absolute atomic E-state index is 11.2. The Kier molecular flexibility index (Phi) is 3.71. The molecule has 1 unspecified atom stereocenters. The second-order valence-corrected chi connectivity index (χ2v) is 4.15. The molecule has 1 fully saturated rings. The SMILES string of the molecule is CC(C)NC(=O)NCC1(N)CCOC1. The molecule has 2 amide bonds. The number of ether oxygens (including phenoxy) is 1. The van der Waals surface area contributed by atoms with Crippen molar-refractivity contribution in [3.05, 3.63) is 0 Å². The van der Waals surface area contributed by atoms with Crippen LogP contribution < -0.4 is 16.4 Å². The highest BCUT2D eigenvalue weighted by atomic mass is 16.5. The van der Waals surface area contributed by atoms with Gasteiger partial charge in [-0.05, 0) is 20.3 Å². The lowest BCUT2D eigenvalue weighted by atomic mass is 10.0. The maximum atomic E-state index is 11.2. The number of hydrogen-bond acceptors (Lipinski definition) is 3. The average Bonchev–Trinajstić information content (AvgIpc) is 2.49. The van der Waals surface area contributed by atoms with Crippen LogP contribution in [0, 0.1) is 0 Å². The number of hydrogen-bond donors (Lipinski definition) is 3. The van der Waals surface area contributed by atoms with Gasteiger partial charge in [0.15, 0.2) is 0 Å². The van der Waals surface area contributed by atoms with Crippen LogP contribution in [0.15, 0.2) is 0 Å². The second kappa shape index (κ2) is 4.61. The zero-order valence-corrected chi connectivity index (χ0v) is 8.80. The number of amides is 2. The van der Waals surface area contributed by atoms with Crippen molar-refractivity contribution >= 4 is 6.03 Å². The Morgan fingerprint density at radius 3 is 2.86 bits per heavy atom. The van der Waals surface area contributed by atoms with E-state index in [0.29, 0.717) is 19.8 Å². The molecule has 1 rings (SSSR count). The zero-order chi connectivity index (χ0) is 10.6. The van der Waals surface area contributed by atoms with Gasteiger partial charge < -0.3 is 21.1 Å². The summed E-state index contributed by atoms with van der Waals surface area (Å²) in [6.07, 6.45) is 0.801. The van der Waals surface area contributed by atoms with Crippen molar-refractivity contribution in [2.45, 2.75) is 31.8 Å². The molecule has 5 nitrogen and oxygen atoms in total. The minimum atomic E-state index is -0.381. The maximum Gasteiger partial charge on any atom is 0.315 e. The van der Waals surface area contributed by atoms with Crippen LogP contribution in [-0.2, 0) is 4.74 Å². The van der Waals surface area contributed by atoms with Gasteiger partial charge in [-0.25, -0.2) is 4.79 Å². The van der Waals surface area contributed by atoms with Crippen LogP contribution in [0.3, 0.4) is 0 Å². The first-order valence-corrected chi connectivity index (χ1v) is 4.93. The van der Waals surface area contributed by atoms with Gasteiger partial charge in [0.05, 0.1) is 12.1 Å². The molecule has 0 aromatic rings. The summed E-state index contributed by atoms with van der Waals surface area (Å²) < 4.78 is 5.18. The third kappa shape index (κ3) is 3.51. The normalized spacial score (nSPS) is 26.6. The predicted molar refractivity (Wildman–Crippen MR) is 54.0 cm³/mol. The largest absolute Gasteiger partial charge is 0.379 e. The summed E-state index contributed by atoms with van der Waals surface area (Å²) >= 11 is 0. The van der Waals surface area contributed by atoms with E-state index in [1.54, 1.807) is 0 Å². The molecule has 0 saturated carbocycles. The van der Waals surface area contributed by atoms with Gasteiger partial charge in [0, 0.05) is 19.2 Å². The predicted octanol–water partition coefficient (Wildman–Crippen LogP) is -0.188. The first kappa shape index (κ1) is 11.3. The molecule has 1 aliphatic rings. The van der Waals surface area contributed by atoms with E-state index in [1.165, 1.54) is 0 Å². The highest BCUT2D eigenvalue weighted by Gasteiger charge is 2.30. The molecular formula is C9H19N3O2. The van der Waals surface area contributed by atoms with Crippen LogP contribution in [-0.4, -0.2) is 37.4 Å². The number of urea groups is 1. The van der Waals surface area contributed by atoms with Gasteiger partial charge >= 0.3 is 6.03 Å². The van der Waals surface area contributed by atoms with E-state index in [4.69, 9.17) is 10.5 Å².